The van der Waals surface area contributed by atoms with Gasteiger partial charge < -0.3 is 4.74 Å². The minimum Gasteiger partial charge on any atom is -0.459 e. The first kappa shape index (κ1) is 18.4. The zero-order chi connectivity index (χ0) is 18.6. The van der Waals surface area contributed by atoms with Crippen molar-refractivity contribution in [3.8, 4) is 0 Å². The molecule has 0 aliphatic rings. The molecule has 0 N–H and O–H groups in total. The Labute approximate surface area is 139 Å². The zero-order valence-corrected chi connectivity index (χ0v) is 13.0. The summed E-state index contributed by atoms with van der Waals surface area (Å²) in [5, 5.41) is 0. The van der Waals surface area contributed by atoms with Gasteiger partial charge in [0.1, 0.15) is 5.56 Å². The maximum atomic E-state index is 13.0. The number of benzene rings is 1. The molecule has 6 nitrogen and oxygen atoms in total. The second-order valence-corrected chi connectivity index (χ2v) is 5.16. The minimum absolute atomic E-state index is 0.0112. The van der Waals surface area contributed by atoms with Crippen LogP contribution in [0.5, 0.6) is 0 Å². The number of alkyl halides is 3. The van der Waals surface area contributed by atoms with Crippen LogP contribution in [0.1, 0.15) is 27.0 Å². The number of rotatable bonds is 6. The van der Waals surface area contributed by atoms with Crippen molar-refractivity contribution in [2.75, 3.05) is 6.61 Å². The summed E-state index contributed by atoms with van der Waals surface area (Å²) >= 11 is 0. The minimum atomic E-state index is -4.51. The standard InChI is InChI=1S/C16H13F3N2O4/c1-10-11(3-2-4-13(10)16(17,18)19)6-21-8-20-5-12(15(21)24)14(23)7-25-9-22/h2-5,8-9H,6-7H2,1H3. The van der Waals surface area contributed by atoms with Crippen LogP contribution in [0.3, 0.4) is 0 Å². The van der Waals surface area contributed by atoms with Crippen LogP contribution in [0.2, 0.25) is 0 Å². The Morgan fingerprint density at radius 2 is 2.08 bits per heavy atom. The molecule has 1 aromatic heterocycles. The summed E-state index contributed by atoms with van der Waals surface area (Å²) in [5.74, 6) is -0.750. The summed E-state index contributed by atoms with van der Waals surface area (Å²) in [4.78, 5) is 38.0. The molecule has 0 unspecified atom stereocenters. The van der Waals surface area contributed by atoms with Gasteiger partial charge in [-0.05, 0) is 24.1 Å². The van der Waals surface area contributed by atoms with Crippen LogP contribution in [0.25, 0.3) is 0 Å². The molecule has 0 saturated carbocycles. The van der Waals surface area contributed by atoms with Crippen molar-refractivity contribution in [2.45, 2.75) is 19.6 Å². The summed E-state index contributed by atoms with van der Waals surface area (Å²) in [6.45, 7) is 0.576. The number of hydrogen-bond acceptors (Lipinski definition) is 5. The molecular weight excluding hydrogens is 341 g/mol. The first-order valence-corrected chi connectivity index (χ1v) is 7.04. The smallest absolute Gasteiger partial charge is 0.416 e. The van der Waals surface area contributed by atoms with E-state index in [9.17, 15) is 27.6 Å². The van der Waals surface area contributed by atoms with Crippen LogP contribution in [0.4, 0.5) is 13.2 Å². The lowest BCUT2D eigenvalue weighted by molar-refractivity contribution is -0.138. The van der Waals surface area contributed by atoms with Gasteiger partial charge in [-0.25, -0.2) is 4.98 Å². The Morgan fingerprint density at radius 1 is 1.36 bits per heavy atom. The van der Waals surface area contributed by atoms with E-state index in [1.54, 1.807) is 0 Å². The lowest BCUT2D eigenvalue weighted by atomic mass is 10.0. The van der Waals surface area contributed by atoms with Crippen molar-refractivity contribution < 1.29 is 27.5 Å². The first-order chi connectivity index (χ1) is 11.8. The number of halogens is 3. The van der Waals surface area contributed by atoms with Gasteiger partial charge in [-0.3, -0.25) is 19.0 Å². The molecule has 0 atom stereocenters. The van der Waals surface area contributed by atoms with Gasteiger partial charge in [-0.15, -0.1) is 0 Å². The summed E-state index contributed by atoms with van der Waals surface area (Å²) in [5.41, 5.74) is -1.58. The van der Waals surface area contributed by atoms with E-state index < -0.39 is 29.7 Å². The maximum absolute atomic E-state index is 13.0. The third kappa shape index (κ3) is 4.11. The highest BCUT2D eigenvalue weighted by Gasteiger charge is 2.32. The number of nitrogens with zero attached hydrogens (tertiary/aromatic N) is 2. The quantitative estimate of drug-likeness (QED) is 0.585. The summed E-state index contributed by atoms with van der Waals surface area (Å²) in [6, 6.07) is 3.66. The molecule has 1 aromatic carbocycles. The molecule has 0 fully saturated rings. The Hall–Kier alpha value is -2.97. The fraction of sp³-hybridized carbons (Fsp3) is 0.250. The Morgan fingerprint density at radius 3 is 2.72 bits per heavy atom. The van der Waals surface area contributed by atoms with Gasteiger partial charge in [-0.1, -0.05) is 12.1 Å². The van der Waals surface area contributed by atoms with Gasteiger partial charge in [0.05, 0.1) is 18.4 Å². The molecule has 1 heterocycles. The number of carbonyl (C=O) groups excluding carboxylic acids is 2. The zero-order valence-electron chi connectivity index (χ0n) is 13.0. The Kier molecular flexibility index (Phi) is 5.35. The van der Waals surface area contributed by atoms with Crippen LogP contribution in [0, 0.1) is 6.92 Å². The van der Waals surface area contributed by atoms with Gasteiger partial charge in [0.25, 0.3) is 12.0 Å². The third-order valence-electron chi connectivity index (χ3n) is 3.58. The highest BCUT2D eigenvalue weighted by Crippen LogP contribution is 2.32. The highest BCUT2D eigenvalue weighted by molar-refractivity contribution is 5.96. The molecule has 0 bridgehead atoms. The molecule has 25 heavy (non-hydrogen) atoms. The number of carbonyl (C=O) groups is 2. The van der Waals surface area contributed by atoms with Crippen LogP contribution in [0.15, 0.2) is 35.5 Å². The Bertz CT molecular complexity index is 859. The van der Waals surface area contributed by atoms with Crippen molar-refractivity contribution >= 4 is 12.3 Å². The van der Waals surface area contributed by atoms with Crippen molar-refractivity contribution in [1.82, 2.24) is 9.55 Å². The lowest BCUT2D eigenvalue weighted by Crippen LogP contribution is -2.29. The lowest BCUT2D eigenvalue weighted by Gasteiger charge is -2.15. The second kappa shape index (κ2) is 7.29. The fourth-order valence-electron chi connectivity index (χ4n) is 2.29. The van der Waals surface area contributed by atoms with Gasteiger partial charge in [-0.2, -0.15) is 13.2 Å². The van der Waals surface area contributed by atoms with Crippen LogP contribution < -0.4 is 5.56 Å². The number of hydrogen-bond donors (Lipinski definition) is 0. The van der Waals surface area contributed by atoms with Crippen LogP contribution in [-0.2, 0) is 22.3 Å². The molecule has 0 radical (unpaired) electrons. The van der Waals surface area contributed by atoms with E-state index in [0.717, 1.165) is 23.2 Å². The maximum Gasteiger partial charge on any atom is 0.416 e. The molecule has 0 spiro atoms. The first-order valence-electron chi connectivity index (χ1n) is 7.04. The van der Waals surface area contributed by atoms with Crippen molar-refractivity contribution in [1.29, 1.82) is 0 Å². The molecular formula is C16H13F3N2O4. The van der Waals surface area contributed by atoms with Gasteiger partial charge in [0, 0.05) is 6.20 Å². The predicted octanol–water partition coefficient (Wildman–Crippen LogP) is 1.97. The average molecular weight is 354 g/mol. The van der Waals surface area contributed by atoms with E-state index in [-0.39, 0.29) is 29.7 Å². The topological polar surface area (TPSA) is 78.3 Å². The molecule has 2 rings (SSSR count). The second-order valence-electron chi connectivity index (χ2n) is 5.16. The van der Waals surface area contributed by atoms with E-state index in [1.165, 1.54) is 19.1 Å². The Balaban J connectivity index is 2.38. The predicted molar refractivity (Wildman–Crippen MR) is 80.1 cm³/mol. The molecule has 0 aliphatic carbocycles. The molecule has 0 saturated heterocycles. The number of ketones is 1. The normalized spacial score (nSPS) is 11.2. The van der Waals surface area contributed by atoms with Crippen molar-refractivity contribution in [3.05, 3.63) is 63.3 Å². The number of aromatic nitrogens is 2. The van der Waals surface area contributed by atoms with E-state index in [1.807, 2.05) is 0 Å². The van der Waals surface area contributed by atoms with E-state index in [4.69, 9.17) is 0 Å². The van der Waals surface area contributed by atoms with Crippen molar-refractivity contribution in [3.63, 3.8) is 0 Å². The summed E-state index contributed by atoms with van der Waals surface area (Å²) in [6.07, 6.45) is -2.36. The monoisotopic (exact) mass is 354 g/mol. The molecule has 2 aromatic rings. The average Bonchev–Trinajstić information content (AvgIpc) is 2.55. The SMILES string of the molecule is Cc1c(Cn2cncc(C(=O)COC=O)c2=O)cccc1C(F)(F)F. The third-order valence-corrected chi connectivity index (χ3v) is 3.58. The van der Waals surface area contributed by atoms with Crippen LogP contribution >= 0.6 is 0 Å². The van der Waals surface area contributed by atoms with Gasteiger partial charge in [0.2, 0.25) is 5.78 Å². The largest absolute Gasteiger partial charge is 0.459 e. The highest BCUT2D eigenvalue weighted by atomic mass is 19.4. The summed E-state index contributed by atoms with van der Waals surface area (Å²) in [7, 11) is 0. The molecule has 0 amide bonds. The number of ether oxygens (including phenoxy) is 1. The van der Waals surface area contributed by atoms with Gasteiger partial charge >= 0.3 is 6.18 Å². The van der Waals surface area contributed by atoms with Crippen molar-refractivity contribution in [2.24, 2.45) is 0 Å². The molecule has 0 aliphatic heterocycles. The summed E-state index contributed by atoms with van der Waals surface area (Å²) < 4.78 is 44.2. The van der Waals surface area contributed by atoms with E-state index in [0.29, 0.717) is 0 Å². The van der Waals surface area contributed by atoms with Crippen LogP contribution in [-0.4, -0.2) is 28.4 Å². The molecule has 132 valence electrons. The van der Waals surface area contributed by atoms with E-state index in [2.05, 4.69) is 9.72 Å². The fourth-order valence-corrected chi connectivity index (χ4v) is 2.29. The van der Waals surface area contributed by atoms with E-state index >= 15 is 0 Å². The molecule has 9 heteroatoms. The van der Waals surface area contributed by atoms with Gasteiger partial charge in [0.15, 0.2) is 6.61 Å². The number of Topliss-reactive ketones (excluding diaryl/α,β-unsaturated/α-hetero) is 1.